The topological polar surface area (TPSA) is 68.0 Å². The highest BCUT2D eigenvalue weighted by Gasteiger charge is 2.29. The van der Waals surface area contributed by atoms with E-state index in [2.05, 4.69) is 10.3 Å². The van der Waals surface area contributed by atoms with Gasteiger partial charge in [-0.15, -0.1) is 5.10 Å². The maximum atomic E-state index is 13.9. The summed E-state index contributed by atoms with van der Waals surface area (Å²) in [6.45, 7) is 0. The molecule has 0 amide bonds. The number of aromatic nitrogens is 3. The molecule has 1 aliphatic carbocycles. The van der Waals surface area contributed by atoms with Gasteiger partial charge in [0.15, 0.2) is 5.69 Å². The van der Waals surface area contributed by atoms with E-state index in [0.717, 1.165) is 25.7 Å². The number of hydrogen-bond donors (Lipinski definition) is 1. The van der Waals surface area contributed by atoms with Crippen molar-refractivity contribution in [2.45, 2.75) is 31.6 Å². The molecule has 3 rings (SSSR count). The lowest BCUT2D eigenvalue weighted by Gasteiger charge is -2.13. The monoisotopic (exact) mass is 275 g/mol. The molecule has 1 heterocycles. The number of carbonyl (C=O) groups is 1. The van der Waals surface area contributed by atoms with Crippen LogP contribution in [-0.4, -0.2) is 26.1 Å². The predicted octanol–water partition coefficient (Wildman–Crippen LogP) is 2.76. The third-order valence-corrected chi connectivity index (χ3v) is 3.73. The van der Waals surface area contributed by atoms with Crippen molar-refractivity contribution in [3.8, 4) is 5.69 Å². The summed E-state index contributed by atoms with van der Waals surface area (Å²) >= 11 is 0. The SMILES string of the molecule is O=C(O)c1nnn(-c2ccccc2F)c1C1CCCC1. The lowest BCUT2D eigenvalue weighted by molar-refractivity contribution is 0.0688. The molecule has 0 aliphatic heterocycles. The van der Waals surface area contributed by atoms with Gasteiger partial charge in [-0.2, -0.15) is 0 Å². The molecule has 1 fully saturated rings. The first-order valence-electron chi connectivity index (χ1n) is 6.62. The largest absolute Gasteiger partial charge is 0.476 e. The second-order valence-electron chi connectivity index (χ2n) is 4.97. The Morgan fingerprint density at radius 3 is 2.65 bits per heavy atom. The molecule has 2 aromatic rings. The molecule has 1 saturated carbocycles. The Hall–Kier alpha value is -2.24. The van der Waals surface area contributed by atoms with Crippen LogP contribution in [-0.2, 0) is 0 Å². The zero-order chi connectivity index (χ0) is 14.1. The maximum absolute atomic E-state index is 13.9. The first-order valence-corrected chi connectivity index (χ1v) is 6.62. The number of hydrogen-bond acceptors (Lipinski definition) is 3. The quantitative estimate of drug-likeness (QED) is 0.935. The van der Waals surface area contributed by atoms with Crippen molar-refractivity contribution in [2.24, 2.45) is 0 Å². The van der Waals surface area contributed by atoms with Crippen LogP contribution in [0, 0.1) is 5.82 Å². The Morgan fingerprint density at radius 1 is 1.30 bits per heavy atom. The molecule has 0 saturated heterocycles. The third-order valence-electron chi connectivity index (χ3n) is 3.73. The Morgan fingerprint density at radius 2 is 2.00 bits per heavy atom. The summed E-state index contributed by atoms with van der Waals surface area (Å²) in [5.74, 6) is -1.47. The average molecular weight is 275 g/mol. The van der Waals surface area contributed by atoms with Crippen molar-refractivity contribution in [1.29, 1.82) is 0 Å². The minimum absolute atomic E-state index is 0.0693. The van der Waals surface area contributed by atoms with Crippen LogP contribution in [0.4, 0.5) is 4.39 Å². The number of para-hydroxylation sites is 1. The zero-order valence-electron chi connectivity index (χ0n) is 10.8. The van der Waals surface area contributed by atoms with Gasteiger partial charge in [0, 0.05) is 5.92 Å². The van der Waals surface area contributed by atoms with Gasteiger partial charge in [-0.05, 0) is 25.0 Å². The Kier molecular flexibility index (Phi) is 3.22. The van der Waals surface area contributed by atoms with E-state index in [4.69, 9.17) is 0 Å². The molecule has 0 unspecified atom stereocenters. The molecule has 0 atom stereocenters. The number of benzene rings is 1. The lowest BCUT2D eigenvalue weighted by atomic mass is 10.0. The average Bonchev–Trinajstić information content (AvgIpc) is 3.07. The molecule has 1 aromatic heterocycles. The molecule has 0 bridgehead atoms. The van der Waals surface area contributed by atoms with Gasteiger partial charge in [0.25, 0.3) is 0 Å². The molecule has 1 aliphatic rings. The summed E-state index contributed by atoms with van der Waals surface area (Å²) in [7, 11) is 0. The van der Waals surface area contributed by atoms with E-state index in [1.807, 2.05) is 0 Å². The molecule has 0 radical (unpaired) electrons. The van der Waals surface area contributed by atoms with Crippen LogP contribution in [0.2, 0.25) is 0 Å². The van der Waals surface area contributed by atoms with Gasteiger partial charge in [0.1, 0.15) is 11.5 Å². The highest BCUT2D eigenvalue weighted by molar-refractivity contribution is 5.86. The number of carboxylic acid groups (broad SMARTS) is 1. The summed E-state index contributed by atoms with van der Waals surface area (Å²) in [6.07, 6.45) is 3.88. The van der Waals surface area contributed by atoms with Crippen molar-refractivity contribution in [3.63, 3.8) is 0 Å². The van der Waals surface area contributed by atoms with Crippen molar-refractivity contribution >= 4 is 5.97 Å². The molecule has 5 nitrogen and oxygen atoms in total. The fraction of sp³-hybridized carbons (Fsp3) is 0.357. The van der Waals surface area contributed by atoms with E-state index < -0.39 is 11.8 Å². The predicted molar refractivity (Wildman–Crippen MR) is 69.5 cm³/mol. The van der Waals surface area contributed by atoms with E-state index in [-0.39, 0.29) is 17.3 Å². The van der Waals surface area contributed by atoms with Crippen LogP contribution >= 0.6 is 0 Å². The van der Waals surface area contributed by atoms with Crippen molar-refractivity contribution in [2.75, 3.05) is 0 Å². The summed E-state index contributed by atoms with van der Waals surface area (Å²) in [5.41, 5.74) is 0.689. The van der Waals surface area contributed by atoms with Gasteiger partial charge in [-0.1, -0.05) is 30.2 Å². The normalized spacial score (nSPS) is 15.7. The summed E-state index contributed by atoms with van der Waals surface area (Å²) < 4.78 is 15.3. The number of nitrogens with zero attached hydrogens (tertiary/aromatic N) is 3. The van der Waals surface area contributed by atoms with Crippen LogP contribution in [0.15, 0.2) is 24.3 Å². The summed E-state index contributed by atoms with van der Waals surface area (Å²) in [6, 6.07) is 6.19. The maximum Gasteiger partial charge on any atom is 0.358 e. The Bertz CT molecular complexity index is 648. The molecule has 6 heteroatoms. The first kappa shape index (κ1) is 12.8. The minimum Gasteiger partial charge on any atom is -0.476 e. The molecule has 0 spiro atoms. The fourth-order valence-corrected chi connectivity index (χ4v) is 2.81. The molecule has 1 N–H and O–H groups in total. The van der Waals surface area contributed by atoms with Crippen LogP contribution in [0.3, 0.4) is 0 Å². The third kappa shape index (κ3) is 2.07. The van der Waals surface area contributed by atoms with E-state index in [0.29, 0.717) is 5.69 Å². The zero-order valence-corrected chi connectivity index (χ0v) is 10.8. The van der Waals surface area contributed by atoms with Gasteiger partial charge < -0.3 is 5.11 Å². The van der Waals surface area contributed by atoms with Crippen LogP contribution in [0.25, 0.3) is 5.69 Å². The van der Waals surface area contributed by atoms with E-state index in [1.54, 1.807) is 18.2 Å². The second kappa shape index (κ2) is 5.03. The van der Waals surface area contributed by atoms with Crippen molar-refractivity contribution < 1.29 is 14.3 Å². The van der Waals surface area contributed by atoms with Crippen LogP contribution in [0.1, 0.15) is 47.8 Å². The van der Waals surface area contributed by atoms with Crippen molar-refractivity contribution in [1.82, 2.24) is 15.0 Å². The number of halogens is 1. The van der Waals surface area contributed by atoms with Gasteiger partial charge >= 0.3 is 5.97 Å². The fourth-order valence-electron chi connectivity index (χ4n) is 2.81. The molecule has 1 aromatic carbocycles. The van der Waals surface area contributed by atoms with E-state index >= 15 is 0 Å². The van der Waals surface area contributed by atoms with E-state index in [1.165, 1.54) is 10.7 Å². The Balaban J connectivity index is 2.16. The standard InChI is InChI=1S/C14H14FN3O2/c15-10-7-3-4-8-11(10)18-13(9-5-1-2-6-9)12(14(19)20)16-17-18/h3-4,7-9H,1-2,5-6H2,(H,19,20). The van der Waals surface area contributed by atoms with Gasteiger partial charge in [0.05, 0.1) is 5.69 Å². The van der Waals surface area contributed by atoms with Gasteiger partial charge in [0.2, 0.25) is 0 Å². The van der Waals surface area contributed by atoms with Gasteiger partial charge in [-0.3, -0.25) is 0 Å². The summed E-state index contributed by atoms with van der Waals surface area (Å²) in [4.78, 5) is 11.3. The molecule has 104 valence electrons. The lowest BCUT2D eigenvalue weighted by Crippen LogP contribution is -2.11. The van der Waals surface area contributed by atoms with Crippen LogP contribution in [0.5, 0.6) is 0 Å². The highest BCUT2D eigenvalue weighted by atomic mass is 19.1. The molecule has 20 heavy (non-hydrogen) atoms. The number of aromatic carboxylic acids is 1. The van der Waals surface area contributed by atoms with Gasteiger partial charge in [-0.25, -0.2) is 13.9 Å². The molecular weight excluding hydrogens is 261 g/mol. The first-order chi connectivity index (χ1) is 9.68. The highest BCUT2D eigenvalue weighted by Crippen LogP contribution is 2.36. The minimum atomic E-state index is -1.12. The number of carboxylic acids is 1. The second-order valence-corrected chi connectivity index (χ2v) is 4.97. The smallest absolute Gasteiger partial charge is 0.358 e. The van der Waals surface area contributed by atoms with E-state index in [9.17, 15) is 14.3 Å². The molecular formula is C14H14FN3O2. The summed E-state index contributed by atoms with van der Waals surface area (Å²) in [5, 5.41) is 16.8. The van der Waals surface area contributed by atoms with Crippen molar-refractivity contribution in [3.05, 3.63) is 41.5 Å². The van der Waals surface area contributed by atoms with Crippen LogP contribution < -0.4 is 0 Å². The number of rotatable bonds is 3. The Labute approximate surface area is 115 Å².